The maximum atomic E-state index is 11.3. The van der Waals surface area contributed by atoms with Crippen molar-refractivity contribution in [1.29, 1.82) is 0 Å². The van der Waals surface area contributed by atoms with Crippen LogP contribution in [0.2, 0.25) is 0 Å². The van der Waals surface area contributed by atoms with Gasteiger partial charge < -0.3 is 14.6 Å². The summed E-state index contributed by atoms with van der Waals surface area (Å²) in [6, 6.07) is 19.5. The predicted molar refractivity (Wildman–Crippen MR) is 130 cm³/mol. The molecule has 0 radical (unpaired) electrons. The molecule has 0 saturated heterocycles. The number of aliphatic carboxylic acids is 1. The minimum absolute atomic E-state index is 0.0789. The summed E-state index contributed by atoms with van der Waals surface area (Å²) < 4.78 is 14.0. The Bertz CT molecular complexity index is 1280. The third kappa shape index (κ3) is 5.54. The van der Waals surface area contributed by atoms with E-state index in [1.807, 2.05) is 66.2 Å². The van der Waals surface area contributed by atoms with E-state index in [4.69, 9.17) is 9.47 Å². The van der Waals surface area contributed by atoms with Crippen LogP contribution in [-0.2, 0) is 37.4 Å². The van der Waals surface area contributed by atoms with E-state index in [9.17, 15) is 9.90 Å². The van der Waals surface area contributed by atoms with Gasteiger partial charge in [-0.25, -0.2) is 4.98 Å². The minimum Gasteiger partial charge on any atom is -0.487 e. The second-order valence-electron chi connectivity index (χ2n) is 8.10. The average molecular weight is 460 g/mol. The Morgan fingerprint density at radius 1 is 0.971 bits per heavy atom. The summed E-state index contributed by atoms with van der Waals surface area (Å²) in [5, 5.41) is 15.0. The summed E-state index contributed by atoms with van der Waals surface area (Å²) in [5.41, 5.74) is 4.29. The average Bonchev–Trinajstić information content (AvgIpc) is 3.23. The number of aryl methyl sites for hydroxylation is 2. The maximum absolute atomic E-state index is 11.3. The lowest BCUT2D eigenvalue weighted by atomic mass is 10.0. The third-order valence-electron chi connectivity index (χ3n) is 5.57. The Morgan fingerprint density at radius 3 is 2.59 bits per heavy atom. The first-order valence-electron chi connectivity index (χ1n) is 11.6. The number of para-hydroxylation sites is 2. The largest absolute Gasteiger partial charge is 0.487 e. The van der Waals surface area contributed by atoms with Crippen molar-refractivity contribution in [3.8, 4) is 11.6 Å². The molecule has 0 unspecified atom stereocenters. The van der Waals surface area contributed by atoms with Crippen molar-refractivity contribution in [2.75, 3.05) is 0 Å². The Balaban J connectivity index is 1.49. The molecule has 0 fully saturated rings. The molecule has 176 valence electrons. The first-order valence-corrected chi connectivity index (χ1v) is 11.6. The molecule has 4 rings (SSSR count). The van der Waals surface area contributed by atoms with E-state index in [0.717, 1.165) is 47.2 Å². The number of carbonyl (C=O) groups is 1. The summed E-state index contributed by atoms with van der Waals surface area (Å²) in [7, 11) is 0. The normalized spacial score (nSPS) is 11.0. The van der Waals surface area contributed by atoms with Crippen LogP contribution in [0.1, 0.15) is 42.8 Å². The Morgan fingerprint density at radius 2 is 1.79 bits per heavy atom. The monoisotopic (exact) mass is 459 g/mol. The van der Waals surface area contributed by atoms with Crippen LogP contribution in [-0.4, -0.2) is 25.8 Å². The van der Waals surface area contributed by atoms with Crippen LogP contribution >= 0.6 is 0 Å². The molecule has 0 atom stereocenters. The summed E-state index contributed by atoms with van der Waals surface area (Å²) in [5.74, 6) is 0.267. The van der Waals surface area contributed by atoms with Gasteiger partial charge in [-0.2, -0.15) is 0 Å². The molecule has 2 aromatic carbocycles. The smallest absolute Gasteiger partial charge is 0.307 e. The second kappa shape index (κ2) is 10.8. The number of nitrogens with zero attached hydrogens (tertiary/aromatic N) is 3. The van der Waals surface area contributed by atoms with E-state index >= 15 is 0 Å². The highest BCUT2D eigenvalue weighted by atomic mass is 16.5. The first-order chi connectivity index (χ1) is 16.6. The topological polar surface area (TPSA) is 86.5 Å². The Labute approximate surface area is 199 Å². The number of hydrogen-bond donors (Lipinski definition) is 1. The molecule has 2 aromatic heterocycles. The highest BCUT2D eigenvalue weighted by Gasteiger charge is 2.15. The van der Waals surface area contributed by atoms with E-state index in [1.54, 1.807) is 6.07 Å². The van der Waals surface area contributed by atoms with E-state index in [-0.39, 0.29) is 13.0 Å². The van der Waals surface area contributed by atoms with Gasteiger partial charge in [0.2, 0.25) is 5.88 Å². The maximum Gasteiger partial charge on any atom is 0.307 e. The second-order valence-corrected chi connectivity index (χ2v) is 8.10. The van der Waals surface area contributed by atoms with Crippen molar-refractivity contribution in [2.24, 2.45) is 0 Å². The molecule has 0 bridgehead atoms. The van der Waals surface area contributed by atoms with Crippen LogP contribution in [0.4, 0.5) is 0 Å². The lowest BCUT2D eigenvalue weighted by Crippen LogP contribution is -2.10. The van der Waals surface area contributed by atoms with Gasteiger partial charge in [-0.15, -0.1) is 5.10 Å². The zero-order valence-electron chi connectivity index (χ0n) is 19.5. The highest BCUT2D eigenvalue weighted by molar-refractivity contribution is 5.78. The lowest BCUT2D eigenvalue weighted by Gasteiger charge is -2.15. The molecule has 2 heterocycles. The number of benzene rings is 2. The van der Waals surface area contributed by atoms with E-state index in [0.29, 0.717) is 23.8 Å². The van der Waals surface area contributed by atoms with Crippen LogP contribution in [0.5, 0.6) is 11.6 Å². The summed E-state index contributed by atoms with van der Waals surface area (Å²) in [4.78, 5) is 16.0. The number of carboxylic acids is 1. The molecule has 0 aliphatic rings. The standard InChI is InChI=1S/C27H29N3O4/c1-3-14-30-23(18-34-27-19(4-2)9-7-10-21(27)15-26(31)32)16-25(29-30)33-17-22-13-12-20-8-5-6-11-24(20)28-22/h5-13,16H,3-4,14-15,17-18H2,1-2H3,(H,31,32). The summed E-state index contributed by atoms with van der Waals surface area (Å²) in [6.07, 6.45) is 1.59. The van der Waals surface area contributed by atoms with Crippen LogP contribution in [0.3, 0.4) is 0 Å². The highest BCUT2D eigenvalue weighted by Crippen LogP contribution is 2.27. The number of hydrogen-bond acceptors (Lipinski definition) is 5. The number of ether oxygens (including phenoxy) is 2. The zero-order valence-corrected chi connectivity index (χ0v) is 19.5. The Kier molecular flexibility index (Phi) is 7.42. The fourth-order valence-corrected chi connectivity index (χ4v) is 3.91. The zero-order chi connectivity index (χ0) is 23.9. The third-order valence-corrected chi connectivity index (χ3v) is 5.57. The molecule has 34 heavy (non-hydrogen) atoms. The van der Waals surface area contributed by atoms with Crippen LogP contribution in [0, 0.1) is 0 Å². The van der Waals surface area contributed by atoms with Crippen LogP contribution in [0.25, 0.3) is 10.9 Å². The van der Waals surface area contributed by atoms with Gasteiger partial charge >= 0.3 is 5.97 Å². The molecule has 7 nitrogen and oxygen atoms in total. The molecule has 0 saturated carbocycles. The molecular formula is C27H29N3O4. The van der Waals surface area contributed by atoms with Gasteiger partial charge in [-0.3, -0.25) is 9.48 Å². The minimum atomic E-state index is -0.882. The fraction of sp³-hybridized carbons (Fsp3) is 0.296. The Hall–Kier alpha value is -3.87. The van der Waals surface area contributed by atoms with E-state index in [1.165, 1.54) is 0 Å². The molecule has 0 amide bonds. The molecule has 0 aliphatic heterocycles. The SMILES string of the molecule is CCCn1nc(OCc2ccc3ccccc3n2)cc1COc1c(CC)cccc1CC(=O)O. The van der Waals surface area contributed by atoms with E-state index in [2.05, 4.69) is 17.0 Å². The summed E-state index contributed by atoms with van der Waals surface area (Å²) >= 11 is 0. The van der Waals surface area contributed by atoms with Crippen molar-refractivity contribution in [3.63, 3.8) is 0 Å². The quantitative estimate of drug-likeness (QED) is 0.332. The van der Waals surface area contributed by atoms with Gasteiger partial charge in [0.15, 0.2) is 0 Å². The molecule has 1 N–H and O–H groups in total. The number of carboxylic acid groups (broad SMARTS) is 1. The van der Waals surface area contributed by atoms with Gasteiger partial charge in [-0.05, 0) is 30.5 Å². The number of fused-ring (bicyclic) bond motifs is 1. The number of aromatic nitrogens is 3. The molecular weight excluding hydrogens is 430 g/mol. The van der Waals surface area contributed by atoms with Gasteiger partial charge in [0.1, 0.15) is 19.0 Å². The van der Waals surface area contributed by atoms with Crippen molar-refractivity contribution < 1.29 is 19.4 Å². The van der Waals surface area contributed by atoms with Gasteiger partial charge in [0, 0.05) is 23.6 Å². The fourth-order valence-electron chi connectivity index (χ4n) is 3.91. The van der Waals surface area contributed by atoms with Gasteiger partial charge in [0.25, 0.3) is 0 Å². The summed E-state index contributed by atoms with van der Waals surface area (Å²) in [6.45, 7) is 5.43. The van der Waals surface area contributed by atoms with Gasteiger partial charge in [0.05, 0.1) is 23.3 Å². The molecule has 4 aromatic rings. The van der Waals surface area contributed by atoms with Gasteiger partial charge in [-0.1, -0.05) is 56.3 Å². The lowest BCUT2D eigenvalue weighted by molar-refractivity contribution is -0.136. The molecule has 7 heteroatoms. The number of pyridine rings is 1. The van der Waals surface area contributed by atoms with Crippen molar-refractivity contribution in [1.82, 2.24) is 14.8 Å². The van der Waals surface area contributed by atoms with Crippen molar-refractivity contribution in [2.45, 2.75) is 52.9 Å². The van der Waals surface area contributed by atoms with E-state index < -0.39 is 5.97 Å². The first kappa shape index (κ1) is 23.3. The predicted octanol–water partition coefficient (Wildman–Crippen LogP) is 5.19. The van der Waals surface area contributed by atoms with Crippen LogP contribution in [0.15, 0.2) is 60.7 Å². The van der Waals surface area contributed by atoms with Crippen molar-refractivity contribution in [3.05, 3.63) is 83.2 Å². The molecule has 0 aliphatic carbocycles. The van der Waals surface area contributed by atoms with Crippen LogP contribution < -0.4 is 9.47 Å². The van der Waals surface area contributed by atoms with Crippen molar-refractivity contribution >= 4 is 16.9 Å². The molecule has 0 spiro atoms. The number of rotatable bonds is 11.